The Morgan fingerprint density at radius 2 is 1.43 bits per heavy atom. The van der Waals surface area contributed by atoms with E-state index in [-0.39, 0.29) is 38.2 Å². The standard InChI is InChI=1S/C34H31N7O.C25H31N5O3.CH4/c1-4-9-31-37-33-22(2)18-25(34-36-27-11-6-8-13-29(27)39(34)3)19-30(33)40(31)21-23-14-16-24(17-15-23)26-10-5-7-12-28(26)41-32(42)20-35-38-41;1-5-6-11-23(31)29(24(17(2)3)25(32)33)16-19-12-14-20(15-13-19)21-9-7-8-10-22(21)30-18(4)26-27-28-30;/h5-8,10-19H,4,9,20-21H2,1-3H3;7-10,12-15,17,24H,4-6,11,16H2,1-3H3,(H,26,28)(H,32,33);1H4/t;24-;/m.0./s1. The molecule has 0 spiro atoms. The van der Waals surface area contributed by atoms with E-state index in [0.717, 1.165) is 110 Å². The Kier molecular flexibility index (Phi) is 16.6. The molecule has 2 amide bonds. The fraction of sp³-hybridized carbons (Fsp3) is 0.283. The van der Waals surface area contributed by atoms with Gasteiger partial charge >= 0.3 is 5.97 Å². The number of carbonyl (C=O) groups is 3. The molecule has 2 aliphatic heterocycles. The molecule has 0 saturated carbocycles. The van der Waals surface area contributed by atoms with Crippen molar-refractivity contribution in [1.29, 1.82) is 0 Å². The summed E-state index contributed by atoms with van der Waals surface area (Å²) in [7, 11) is 2.08. The number of anilines is 2. The molecule has 4 heterocycles. The Hall–Kier alpha value is -8.79. The number of aryl methyl sites for hydroxylation is 3. The lowest BCUT2D eigenvalue weighted by Gasteiger charge is -2.32. The van der Waals surface area contributed by atoms with Crippen molar-refractivity contribution in [2.75, 3.05) is 16.6 Å². The molecule has 0 fully saturated rings. The van der Waals surface area contributed by atoms with Gasteiger partial charge in [0.2, 0.25) is 5.91 Å². The molecule has 0 saturated heterocycles. The summed E-state index contributed by atoms with van der Waals surface area (Å²) >= 11 is 0. The second-order valence-corrected chi connectivity index (χ2v) is 19.2. The van der Waals surface area contributed by atoms with Gasteiger partial charge in [0.25, 0.3) is 5.91 Å². The summed E-state index contributed by atoms with van der Waals surface area (Å²) in [5.74, 6) is 1.11. The monoisotopic (exact) mass is 1020 g/mol. The van der Waals surface area contributed by atoms with E-state index in [2.05, 4.69) is 117 Å². The van der Waals surface area contributed by atoms with Crippen LogP contribution in [0.4, 0.5) is 11.4 Å². The SMILES string of the molecule is C.C=C1N=NNN1c1ccccc1-c1ccc(CN(C(=O)CCCC)[C@H](C(=O)O)C(C)C)cc1.CCCc1nc2c(C)cc(-c3nc4ccccc4n3C)cc2n1Cc1ccc(-c2ccccc2N2N=NCC2=O)cc1. The Bertz CT molecular complexity index is 3470. The maximum atomic E-state index is 12.9. The number of nitrogens with one attached hydrogen (secondary N) is 1. The number of carboxylic acids is 1. The highest BCUT2D eigenvalue weighted by molar-refractivity contribution is 5.99. The average molecular weight is 1020 g/mol. The van der Waals surface area contributed by atoms with Gasteiger partial charge in [-0.2, -0.15) is 15.7 Å². The zero-order chi connectivity index (χ0) is 52.8. The molecule has 390 valence electrons. The number of amides is 2. The molecule has 0 aliphatic carbocycles. The molecule has 8 aromatic rings. The van der Waals surface area contributed by atoms with Gasteiger partial charge in [-0.15, -0.1) is 5.11 Å². The largest absolute Gasteiger partial charge is 0.480 e. The Morgan fingerprint density at radius 1 is 0.789 bits per heavy atom. The molecule has 6 aromatic carbocycles. The number of nitrogens with zero attached hydrogens (tertiary/aromatic N) is 11. The van der Waals surface area contributed by atoms with Crippen molar-refractivity contribution in [1.82, 2.24) is 29.5 Å². The van der Waals surface area contributed by atoms with Gasteiger partial charge in [-0.25, -0.2) is 19.8 Å². The summed E-state index contributed by atoms with van der Waals surface area (Å²) in [6, 6.07) is 43.8. The van der Waals surface area contributed by atoms with Gasteiger partial charge in [-0.3, -0.25) is 9.59 Å². The number of carbonyl (C=O) groups excluding carboxylic acids is 2. The topological polar surface area (TPSA) is 178 Å². The molecule has 16 nitrogen and oxygen atoms in total. The van der Waals surface area contributed by atoms with E-state index in [9.17, 15) is 19.5 Å². The number of unbranched alkanes of at least 4 members (excludes halogenated alkanes) is 1. The van der Waals surface area contributed by atoms with Crippen molar-refractivity contribution in [2.45, 2.75) is 93.3 Å². The van der Waals surface area contributed by atoms with E-state index >= 15 is 0 Å². The van der Waals surface area contributed by atoms with Crippen LogP contribution in [0, 0.1) is 12.8 Å². The van der Waals surface area contributed by atoms with E-state index < -0.39 is 12.0 Å². The van der Waals surface area contributed by atoms with Gasteiger partial charge in [0.15, 0.2) is 5.82 Å². The second kappa shape index (κ2) is 23.6. The van der Waals surface area contributed by atoms with Crippen LogP contribution in [0.1, 0.15) is 83.3 Å². The van der Waals surface area contributed by atoms with Gasteiger partial charge in [0.1, 0.15) is 24.2 Å². The van der Waals surface area contributed by atoms with Crippen LogP contribution in [0.2, 0.25) is 0 Å². The molecule has 0 unspecified atom stereocenters. The lowest BCUT2D eigenvalue weighted by atomic mass is 9.99. The van der Waals surface area contributed by atoms with Crippen LogP contribution in [0.25, 0.3) is 55.7 Å². The number of carboxylic acid groups (broad SMARTS) is 1. The van der Waals surface area contributed by atoms with Crippen LogP contribution in [-0.2, 0) is 40.9 Å². The first kappa shape index (κ1) is 53.5. The van der Waals surface area contributed by atoms with Gasteiger partial charge < -0.3 is 19.1 Å². The minimum absolute atomic E-state index is 0. The van der Waals surface area contributed by atoms with Crippen LogP contribution >= 0.6 is 0 Å². The summed E-state index contributed by atoms with van der Waals surface area (Å²) in [6.07, 6.45) is 3.89. The van der Waals surface area contributed by atoms with Crippen molar-refractivity contribution in [3.8, 4) is 33.6 Å². The summed E-state index contributed by atoms with van der Waals surface area (Å²) in [4.78, 5) is 48.7. The van der Waals surface area contributed by atoms with E-state index in [4.69, 9.17) is 9.97 Å². The Balaban J connectivity index is 0.000000205. The summed E-state index contributed by atoms with van der Waals surface area (Å²) in [6.45, 7) is 14.9. The molecule has 16 heteroatoms. The van der Waals surface area contributed by atoms with Gasteiger partial charge in [-0.05, 0) is 89.9 Å². The maximum absolute atomic E-state index is 12.9. The smallest absolute Gasteiger partial charge is 0.326 e. The Labute approximate surface area is 444 Å². The maximum Gasteiger partial charge on any atom is 0.326 e. The van der Waals surface area contributed by atoms with Crippen molar-refractivity contribution >= 4 is 51.2 Å². The molecule has 76 heavy (non-hydrogen) atoms. The molecule has 0 radical (unpaired) electrons. The number of hydrazine groups is 1. The fourth-order valence-corrected chi connectivity index (χ4v) is 9.80. The molecular weight excluding hydrogens is 953 g/mol. The van der Waals surface area contributed by atoms with E-state index in [1.165, 1.54) is 15.5 Å². The molecule has 10 rings (SSSR count). The molecule has 1 atom stereocenters. The van der Waals surface area contributed by atoms with Crippen molar-refractivity contribution < 1.29 is 19.5 Å². The minimum atomic E-state index is -0.977. The van der Waals surface area contributed by atoms with Crippen LogP contribution in [-0.4, -0.2) is 59.5 Å². The summed E-state index contributed by atoms with van der Waals surface area (Å²) in [5.41, 5.74) is 16.9. The predicted octanol–water partition coefficient (Wildman–Crippen LogP) is 13.1. The predicted molar refractivity (Wildman–Crippen MR) is 301 cm³/mol. The molecule has 2 aliphatic rings. The number of aliphatic carboxylic acids is 1. The normalized spacial score (nSPS) is 13.3. The number of aromatic nitrogens is 4. The first-order valence-corrected chi connectivity index (χ1v) is 25.5. The third kappa shape index (κ3) is 11.2. The third-order valence-corrected chi connectivity index (χ3v) is 13.6. The van der Waals surface area contributed by atoms with Crippen molar-refractivity contribution in [2.24, 2.45) is 33.6 Å². The number of para-hydroxylation sites is 4. The number of hydrogen-bond donors (Lipinski definition) is 2. The first-order chi connectivity index (χ1) is 36.3. The van der Waals surface area contributed by atoms with Crippen LogP contribution in [0.3, 0.4) is 0 Å². The lowest BCUT2D eigenvalue weighted by molar-refractivity contribution is -0.153. The number of fused-ring (bicyclic) bond motifs is 2. The van der Waals surface area contributed by atoms with Gasteiger partial charge in [-0.1, -0.05) is 156 Å². The number of rotatable bonds is 17. The molecular formula is C60H66N12O4. The zero-order valence-corrected chi connectivity index (χ0v) is 43.3. The number of benzene rings is 6. The fourth-order valence-electron chi connectivity index (χ4n) is 9.80. The molecule has 0 bridgehead atoms. The van der Waals surface area contributed by atoms with Crippen LogP contribution in [0.5, 0.6) is 0 Å². The quantitative estimate of drug-likeness (QED) is 0.0905. The van der Waals surface area contributed by atoms with Gasteiger partial charge in [0, 0.05) is 49.7 Å². The van der Waals surface area contributed by atoms with Crippen LogP contribution in [0.15, 0.2) is 167 Å². The third-order valence-electron chi connectivity index (χ3n) is 13.6. The Morgan fingerprint density at radius 3 is 2.04 bits per heavy atom. The van der Waals surface area contributed by atoms with Crippen molar-refractivity contribution in [3.05, 3.63) is 168 Å². The average Bonchev–Trinajstić information content (AvgIpc) is 4.21. The molecule has 2 N–H and O–H groups in total. The number of hydrogen-bond acceptors (Lipinski definition) is 11. The zero-order valence-electron chi connectivity index (χ0n) is 43.3. The molecule has 2 aromatic heterocycles. The van der Waals surface area contributed by atoms with E-state index in [0.29, 0.717) is 18.8 Å². The highest BCUT2D eigenvalue weighted by Gasteiger charge is 2.32. The number of imidazole rings is 2. The van der Waals surface area contributed by atoms with Crippen molar-refractivity contribution in [3.63, 3.8) is 0 Å². The highest BCUT2D eigenvalue weighted by atomic mass is 16.4. The van der Waals surface area contributed by atoms with Gasteiger partial charge in [0.05, 0.1) is 33.4 Å². The van der Waals surface area contributed by atoms with E-state index in [1.807, 2.05) is 99.6 Å². The second-order valence-electron chi connectivity index (χ2n) is 19.2. The first-order valence-electron chi connectivity index (χ1n) is 25.5. The minimum Gasteiger partial charge on any atom is -0.480 e. The van der Waals surface area contributed by atoms with Crippen LogP contribution < -0.4 is 15.6 Å². The lowest BCUT2D eigenvalue weighted by Crippen LogP contribution is -2.47. The highest BCUT2D eigenvalue weighted by Crippen LogP contribution is 2.36. The summed E-state index contributed by atoms with van der Waals surface area (Å²) < 4.78 is 4.52. The van der Waals surface area contributed by atoms with E-state index in [1.54, 1.807) is 5.01 Å². The summed E-state index contributed by atoms with van der Waals surface area (Å²) in [5, 5.41) is 28.5.